The number of aryl methyl sites for hydroxylation is 1. The Balaban J connectivity index is 1.75. The van der Waals surface area contributed by atoms with Gasteiger partial charge in [0.2, 0.25) is 0 Å². The number of benzene rings is 1. The van der Waals surface area contributed by atoms with Gasteiger partial charge in [-0.05, 0) is 56.2 Å². The van der Waals surface area contributed by atoms with Gasteiger partial charge in [-0.2, -0.15) is 0 Å². The highest BCUT2D eigenvalue weighted by Gasteiger charge is 2.52. The fourth-order valence-corrected chi connectivity index (χ4v) is 4.48. The van der Waals surface area contributed by atoms with E-state index in [9.17, 15) is 4.79 Å². The topological polar surface area (TPSA) is 38.8 Å². The first-order valence-electron chi connectivity index (χ1n) is 9.61. The van der Waals surface area contributed by atoms with E-state index in [1.165, 1.54) is 18.4 Å². The SMILES string of the molecule is CCCCc1ccc(C(=O)N2CC[C@]3(OC)CC[C@@H](OC)C[C@H]23)cc1. The Labute approximate surface area is 151 Å². The molecule has 4 nitrogen and oxygen atoms in total. The number of carbonyl (C=O) groups excluding carboxylic acids is 1. The lowest BCUT2D eigenvalue weighted by molar-refractivity contribution is -0.0893. The van der Waals surface area contributed by atoms with Crippen LogP contribution in [0.3, 0.4) is 0 Å². The smallest absolute Gasteiger partial charge is 0.254 e. The van der Waals surface area contributed by atoms with E-state index in [1.807, 2.05) is 17.0 Å². The highest BCUT2D eigenvalue weighted by atomic mass is 16.5. The van der Waals surface area contributed by atoms with E-state index in [4.69, 9.17) is 9.47 Å². The third-order valence-electron chi connectivity index (χ3n) is 6.16. The first-order chi connectivity index (χ1) is 12.1. The number of fused-ring (bicyclic) bond motifs is 1. The molecule has 25 heavy (non-hydrogen) atoms. The van der Waals surface area contributed by atoms with E-state index in [2.05, 4.69) is 19.1 Å². The Morgan fingerprint density at radius 1 is 1.24 bits per heavy atom. The van der Waals surface area contributed by atoms with Gasteiger partial charge in [0, 0.05) is 26.3 Å². The summed E-state index contributed by atoms with van der Waals surface area (Å²) in [6.07, 6.45) is 7.45. The highest BCUT2D eigenvalue weighted by Crippen LogP contribution is 2.43. The third-order valence-corrected chi connectivity index (χ3v) is 6.16. The van der Waals surface area contributed by atoms with E-state index < -0.39 is 0 Å². The third kappa shape index (κ3) is 3.61. The summed E-state index contributed by atoms with van der Waals surface area (Å²) in [5.41, 5.74) is 1.90. The van der Waals surface area contributed by atoms with Crippen LogP contribution in [-0.4, -0.2) is 49.3 Å². The summed E-state index contributed by atoms with van der Waals surface area (Å²) < 4.78 is 11.5. The number of nitrogens with zero attached hydrogens (tertiary/aromatic N) is 1. The van der Waals surface area contributed by atoms with Gasteiger partial charge in [0.15, 0.2) is 0 Å². The largest absolute Gasteiger partial charge is 0.381 e. The quantitative estimate of drug-likeness (QED) is 0.786. The van der Waals surface area contributed by atoms with Crippen LogP contribution in [0.4, 0.5) is 0 Å². The minimum Gasteiger partial charge on any atom is -0.381 e. The number of ether oxygens (including phenoxy) is 2. The van der Waals surface area contributed by atoms with Crippen molar-refractivity contribution in [3.05, 3.63) is 35.4 Å². The maximum Gasteiger partial charge on any atom is 0.254 e. The van der Waals surface area contributed by atoms with Crippen LogP contribution in [0.5, 0.6) is 0 Å². The normalized spacial score (nSPS) is 28.8. The zero-order chi connectivity index (χ0) is 17.9. The van der Waals surface area contributed by atoms with Crippen molar-refractivity contribution in [2.75, 3.05) is 20.8 Å². The van der Waals surface area contributed by atoms with Gasteiger partial charge >= 0.3 is 0 Å². The molecule has 0 N–H and O–H groups in total. The molecule has 3 rings (SSSR count). The number of hydrogen-bond donors (Lipinski definition) is 0. The number of carbonyl (C=O) groups is 1. The highest BCUT2D eigenvalue weighted by molar-refractivity contribution is 5.94. The number of amides is 1. The van der Waals surface area contributed by atoms with Crippen molar-refractivity contribution in [3.8, 4) is 0 Å². The lowest BCUT2D eigenvalue weighted by atomic mass is 9.79. The van der Waals surface area contributed by atoms with Crippen LogP contribution in [0.1, 0.15) is 61.4 Å². The summed E-state index contributed by atoms with van der Waals surface area (Å²) in [4.78, 5) is 15.1. The number of hydrogen-bond acceptors (Lipinski definition) is 3. The average Bonchev–Trinajstić information content (AvgIpc) is 3.05. The summed E-state index contributed by atoms with van der Waals surface area (Å²) in [6, 6.07) is 8.28. The molecule has 1 amide bonds. The molecule has 1 saturated carbocycles. The first kappa shape index (κ1) is 18.4. The van der Waals surface area contributed by atoms with Crippen molar-refractivity contribution in [1.82, 2.24) is 4.90 Å². The summed E-state index contributed by atoms with van der Waals surface area (Å²) in [5.74, 6) is 0.128. The lowest BCUT2D eigenvalue weighted by Crippen LogP contribution is -2.53. The van der Waals surface area contributed by atoms with Crippen LogP contribution in [-0.2, 0) is 15.9 Å². The molecule has 0 radical (unpaired) electrons. The number of methoxy groups -OCH3 is 2. The van der Waals surface area contributed by atoms with Crippen molar-refractivity contribution in [2.45, 2.75) is 69.6 Å². The Hall–Kier alpha value is -1.39. The Bertz CT molecular complexity index is 585. The molecule has 0 unspecified atom stereocenters. The number of likely N-dealkylation sites (tertiary alicyclic amines) is 1. The molecule has 138 valence electrons. The predicted molar refractivity (Wildman–Crippen MR) is 98.9 cm³/mol. The van der Waals surface area contributed by atoms with Gasteiger partial charge in [-0.15, -0.1) is 0 Å². The predicted octanol–water partition coefficient (Wildman–Crippen LogP) is 3.83. The van der Waals surface area contributed by atoms with Crippen LogP contribution in [0, 0.1) is 0 Å². The van der Waals surface area contributed by atoms with Crippen LogP contribution >= 0.6 is 0 Å². The van der Waals surface area contributed by atoms with Crippen LogP contribution in [0.25, 0.3) is 0 Å². The van der Waals surface area contributed by atoms with E-state index in [-0.39, 0.29) is 23.7 Å². The van der Waals surface area contributed by atoms with Gasteiger partial charge in [0.1, 0.15) is 0 Å². The summed E-state index contributed by atoms with van der Waals surface area (Å²) in [6.45, 7) is 2.97. The standard InChI is InChI=1S/C21H31NO3/c1-4-5-6-16-7-9-17(10-8-16)20(23)22-14-13-21(25-3)12-11-18(24-2)15-19(21)22/h7-10,18-19H,4-6,11-15H2,1-3H3/t18-,19+,21-/m1/s1. The van der Waals surface area contributed by atoms with Crippen molar-refractivity contribution >= 4 is 5.91 Å². The van der Waals surface area contributed by atoms with Gasteiger partial charge in [0.25, 0.3) is 5.91 Å². The van der Waals surface area contributed by atoms with Crippen LogP contribution in [0.15, 0.2) is 24.3 Å². The zero-order valence-electron chi connectivity index (χ0n) is 15.8. The minimum absolute atomic E-state index is 0.114. The Morgan fingerprint density at radius 2 is 2.00 bits per heavy atom. The van der Waals surface area contributed by atoms with E-state index >= 15 is 0 Å². The zero-order valence-corrected chi connectivity index (χ0v) is 15.8. The first-order valence-corrected chi connectivity index (χ1v) is 9.61. The number of rotatable bonds is 6. The monoisotopic (exact) mass is 345 g/mol. The molecule has 1 aromatic carbocycles. The molecule has 1 aliphatic carbocycles. The molecular formula is C21H31NO3. The second-order valence-corrected chi connectivity index (χ2v) is 7.47. The van der Waals surface area contributed by atoms with Gasteiger partial charge in [0.05, 0.1) is 17.7 Å². The molecular weight excluding hydrogens is 314 g/mol. The van der Waals surface area contributed by atoms with Gasteiger partial charge < -0.3 is 14.4 Å². The van der Waals surface area contributed by atoms with Gasteiger partial charge in [-0.1, -0.05) is 25.5 Å². The van der Waals surface area contributed by atoms with Crippen molar-refractivity contribution in [3.63, 3.8) is 0 Å². The Morgan fingerprint density at radius 3 is 2.64 bits per heavy atom. The van der Waals surface area contributed by atoms with E-state index in [0.29, 0.717) is 0 Å². The molecule has 1 heterocycles. The molecule has 2 aliphatic rings. The molecule has 3 atom stereocenters. The Kier molecular flexibility index (Phi) is 5.80. The summed E-state index contributed by atoms with van der Waals surface area (Å²) in [5, 5.41) is 0. The maximum atomic E-state index is 13.1. The van der Waals surface area contributed by atoms with E-state index in [1.54, 1.807) is 14.2 Å². The molecule has 0 aromatic heterocycles. The lowest BCUT2D eigenvalue weighted by Gasteiger charge is -2.43. The molecule has 4 heteroatoms. The molecule has 0 bridgehead atoms. The van der Waals surface area contributed by atoms with Crippen molar-refractivity contribution < 1.29 is 14.3 Å². The fraction of sp³-hybridized carbons (Fsp3) is 0.667. The molecule has 1 aliphatic heterocycles. The maximum absolute atomic E-state index is 13.1. The summed E-state index contributed by atoms with van der Waals surface area (Å²) in [7, 11) is 3.55. The molecule has 0 spiro atoms. The van der Waals surface area contributed by atoms with E-state index in [0.717, 1.165) is 44.2 Å². The average molecular weight is 345 g/mol. The minimum atomic E-state index is -0.189. The summed E-state index contributed by atoms with van der Waals surface area (Å²) >= 11 is 0. The second kappa shape index (κ2) is 7.88. The van der Waals surface area contributed by atoms with Gasteiger partial charge in [-0.3, -0.25) is 4.79 Å². The fourth-order valence-electron chi connectivity index (χ4n) is 4.48. The second-order valence-electron chi connectivity index (χ2n) is 7.47. The van der Waals surface area contributed by atoms with Crippen molar-refractivity contribution in [2.24, 2.45) is 0 Å². The molecule has 1 aromatic rings. The molecule has 1 saturated heterocycles. The van der Waals surface area contributed by atoms with Crippen molar-refractivity contribution in [1.29, 1.82) is 0 Å². The van der Waals surface area contributed by atoms with Crippen LogP contribution in [0.2, 0.25) is 0 Å². The number of unbranched alkanes of at least 4 members (excludes halogenated alkanes) is 1. The van der Waals surface area contributed by atoms with Gasteiger partial charge in [-0.25, -0.2) is 0 Å². The van der Waals surface area contributed by atoms with Crippen LogP contribution < -0.4 is 0 Å². The molecule has 2 fully saturated rings.